The topological polar surface area (TPSA) is 85.1 Å². The maximum Gasteiger partial charge on any atom is 0.409 e. The van der Waals surface area contributed by atoms with Gasteiger partial charge in [-0.15, -0.1) is 0 Å². The number of carbonyl (C=O) groups is 2. The van der Waals surface area contributed by atoms with Crippen molar-refractivity contribution in [3.8, 4) is 0 Å². The maximum atomic E-state index is 12.6. The number of carbonyl (C=O) groups excluding carboxylic acids is 2. The van der Waals surface area contributed by atoms with Gasteiger partial charge in [0, 0.05) is 32.2 Å². The van der Waals surface area contributed by atoms with E-state index in [2.05, 4.69) is 0 Å². The van der Waals surface area contributed by atoms with Crippen LogP contribution in [0, 0.1) is 5.41 Å². The summed E-state index contributed by atoms with van der Waals surface area (Å²) in [7, 11) is 0. The molecular formula is C13H23N3O4. The zero-order chi connectivity index (χ0) is 14.8. The van der Waals surface area contributed by atoms with Gasteiger partial charge in [0.05, 0.1) is 25.2 Å². The van der Waals surface area contributed by atoms with E-state index in [4.69, 9.17) is 15.2 Å². The summed E-state index contributed by atoms with van der Waals surface area (Å²) in [6, 6.07) is -0.266. The largest absolute Gasteiger partial charge is 0.450 e. The van der Waals surface area contributed by atoms with Crippen LogP contribution in [0.15, 0.2) is 0 Å². The van der Waals surface area contributed by atoms with Gasteiger partial charge in [-0.1, -0.05) is 0 Å². The molecular weight excluding hydrogens is 262 g/mol. The zero-order valence-electron chi connectivity index (χ0n) is 12.1. The van der Waals surface area contributed by atoms with Crippen molar-refractivity contribution in [2.24, 2.45) is 11.1 Å². The fraction of sp³-hybridized carbons (Fsp3) is 0.846. The Morgan fingerprint density at radius 2 is 1.90 bits per heavy atom. The van der Waals surface area contributed by atoms with E-state index < -0.39 is 5.41 Å². The summed E-state index contributed by atoms with van der Waals surface area (Å²) in [6.45, 7) is 6.80. The minimum absolute atomic E-state index is 0.0195. The Morgan fingerprint density at radius 1 is 1.30 bits per heavy atom. The molecule has 0 aromatic heterocycles. The predicted octanol–water partition coefficient (Wildman–Crippen LogP) is -0.349. The number of rotatable bonds is 2. The fourth-order valence-corrected chi connectivity index (χ4v) is 2.58. The van der Waals surface area contributed by atoms with Gasteiger partial charge in [0.15, 0.2) is 0 Å². The Kier molecular flexibility index (Phi) is 4.49. The molecule has 0 bridgehead atoms. The molecule has 0 aliphatic carbocycles. The highest BCUT2D eigenvalue weighted by molar-refractivity contribution is 5.84. The number of piperazine rings is 1. The Hall–Kier alpha value is -1.34. The molecule has 2 atom stereocenters. The van der Waals surface area contributed by atoms with Gasteiger partial charge in [-0.2, -0.15) is 0 Å². The van der Waals surface area contributed by atoms with E-state index in [0.29, 0.717) is 46.0 Å². The summed E-state index contributed by atoms with van der Waals surface area (Å²) in [5.41, 5.74) is 5.33. The Morgan fingerprint density at radius 3 is 2.40 bits per heavy atom. The molecule has 20 heavy (non-hydrogen) atoms. The van der Waals surface area contributed by atoms with Gasteiger partial charge < -0.3 is 25.0 Å². The van der Waals surface area contributed by atoms with Gasteiger partial charge in [0.2, 0.25) is 5.91 Å². The van der Waals surface area contributed by atoms with Gasteiger partial charge in [0.25, 0.3) is 0 Å². The van der Waals surface area contributed by atoms with Crippen LogP contribution in [0.25, 0.3) is 0 Å². The third-order valence-corrected chi connectivity index (χ3v) is 4.10. The minimum Gasteiger partial charge on any atom is -0.450 e. The summed E-state index contributed by atoms with van der Waals surface area (Å²) in [4.78, 5) is 27.6. The molecule has 7 nitrogen and oxygen atoms in total. The average molecular weight is 285 g/mol. The fourth-order valence-electron chi connectivity index (χ4n) is 2.58. The predicted molar refractivity (Wildman–Crippen MR) is 72.1 cm³/mol. The van der Waals surface area contributed by atoms with E-state index in [1.807, 2.05) is 6.92 Å². The van der Waals surface area contributed by atoms with Gasteiger partial charge >= 0.3 is 6.09 Å². The Bertz CT molecular complexity index is 382. The van der Waals surface area contributed by atoms with Crippen molar-refractivity contribution in [3.63, 3.8) is 0 Å². The molecule has 2 saturated heterocycles. The van der Waals surface area contributed by atoms with Crippen molar-refractivity contribution >= 4 is 12.0 Å². The van der Waals surface area contributed by atoms with Crippen LogP contribution in [0.1, 0.15) is 13.8 Å². The van der Waals surface area contributed by atoms with E-state index in [-0.39, 0.29) is 18.0 Å². The summed E-state index contributed by atoms with van der Waals surface area (Å²) >= 11 is 0. The molecule has 0 radical (unpaired) electrons. The van der Waals surface area contributed by atoms with Gasteiger partial charge in [-0.3, -0.25) is 4.79 Å². The second-order valence-electron chi connectivity index (χ2n) is 5.52. The Labute approximate surface area is 119 Å². The standard InChI is InChI=1S/C13H23N3O4/c1-3-20-12(18)16-6-4-15(5-7-16)11(17)13(2)9-19-8-10(13)14/h10H,3-9,14H2,1-2H3. The first-order valence-corrected chi connectivity index (χ1v) is 7.03. The second kappa shape index (κ2) is 5.97. The SMILES string of the molecule is CCOC(=O)N1CCN(C(=O)C2(C)COCC2N)CC1. The molecule has 2 amide bonds. The molecule has 0 spiro atoms. The zero-order valence-corrected chi connectivity index (χ0v) is 12.1. The van der Waals surface area contributed by atoms with Crippen LogP contribution in [0.4, 0.5) is 4.79 Å². The van der Waals surface area contributed by atoms with Crippen molar-refractivity contribution in [1.29, 1.82) is 0 Å². The van der Waals surface area contributed by atoms with Gasteiger partial charge in [-0.05, 0) is 13.8 Å². The van der Waals surface area contributed by atoms with E-state index >= 15 is 0 Å². The minimum atomic E-state index is -0.647. The molecule has 2 fully saturated rings. The summed E-state index contributed by atoms with van der Waals surface area (Å²) < 4.78 is 10.3. The normalized spacial score (nSPS) is 30.4. The van der Waals surface area contributed by atoms with Crippen LogP contribution in [-0.2, 0) is 14.3 Å². The van der Waals surface area contributed by atoms with Crippen molar-refractivity contribution in [2.75, 3.05) is 46.0 Å². The molecule has 2 N–H and O–H groups in total. The second-order valence-corrected chi connectivity index (χ2v) is 5.52. The highest BCUT2D eigenvalue weighted by atomic mass is 16.6. The van der Waals surface area contributed by atoms with Crippen LogP contribution >= 0.6 is 0 Å². The quantitative estimate of drug-likeness (QED) is 0.749. The number of hydrogen-bond donors (Lipinski definition) is 1. The lowest BCUT2D eigenvalue weighted by Crippen LogP contribution is -2.57. The van der Waals surface area contributed by atoms with Crippen molar-refractivity contribution in [2.45, 2.75) is 19.9 Å². The maximum absolute atomic E-state index is 12.6. The highest BCUT2D eigenvalue weighted by Gasteiger charge is 2.46. The lowest BCUT2D eigenvalue weighted by atomic mass is 9.84. The average Bonchev–Trinajstić information content (AvgIpc) is 2.79. The molecule has 2 heterocycles. The number of amides is 2. The van der Waals surface area contributed by atoms with Gasteiger partial charge in [0.1, 0.15) is 0 Å². The Balaban J connectivity index is 1.90. The van der Waals surface area contributed by atoms with Crippen molar-refractivity contribution in [3.05, 3.63) is 0 Å². The first-order chi connectivity index (χ1) is 9.49. The van der Waals surface area contributed by atoms with Crippen LogP contribution in [-0.4, -0.2) is 73.8 Å². The molecule has 2 unspecified atom stereocenters. The number of nitrogens with zero attached hydrogens (tertiary/aromatic N) is 2. The number of nitrogens with two attached hydrogens (primary N) is 1. The summed E-state index contributed by atoms with van der Waals surface area (Å²) in [6.07, 6.45) is -0.313. The van der Waals surface area contributed by atoms with Crippen LogP contribution in [0.2, 0.25) is 0 Å². The third-order valence-electron chi connectivity index (χ3n) is 4.10. The molecule has 2 aliphatic rings. The highest BCUT2D eigenvalue weighted by Crippen LogP contribution is 2.29. The molecule has 114 valence electrons. The molecule has 2 aliphatic heterocycles. The van der Waals surface area contributed by atoms with Crippen LogP contribution in [0.5, 0.6) is 0 Å². The molecule has 0 aromatic rings. The lowest BCUT2D eigenvalue weighted by Gasteiger charge is -2.38. The first-order valence-electron chi connectivity index (χ1n) is 7.03. The number of hydrogen-bond acceptors (Lipinski definition) is 5. The molecule has 7 heteroatoms. The van der Waals surface area contributed by atoms with Crippen molar-refractivity contribution < 1.29 is 19.1 Å². The smallest absolute Gasteiger partial charge is 0.409 e. The van der Waals surface area contributed by atoms with Crippen molar-refractivity contribution in [1.82, 2.24) is 9.80 Å². The van der Waals surface area contributed by atoms with E-state index in [9.17, 15) is 9.59 Å². The van der Waals surface area contributed by atoms with Crippen LogP contribution < -0.4 is 5.73 Å². The first kappa shape index (κ1) is 15.1. The van der Waals surface area contributed by atoms with E-state index in [0.717, 1.165) is 0 Å². The van der Waals surface area contributed by atoms with E-state index in [1.165, 1.54) is 0 Å². The number of ether oxygens (including phenoxy) is 2. The molecule has 0 saturated carbocycles. The third kappa shape index (κ3) is 2.73. The van der Waals surface area contributed by atoms with E-state index in [1.54, 1.807) is 16.7 Å². The lowest BCUT2D eigenvalue weighted by molar-refractivity contribution is -0.143. The molecule has 0 aromatic carbocycles. The monoisotopic (exact) mass is 285 g/mol. The van der Waals surface area contributed by atoms with Crippen LogP contribution in [0.3, 0.4) is 0 Å². The summed E-state index contributed by atoms with van der Waals surface area (Å²) in [5.74, 6) is 0.0195. The molecule has 2 rings (SSSR count). The van der Waals surface area contributed by atoms with Gasteiger partial charge in [-0.25, -0.2) is 4.79 Å². The summed E-state index contributed by atoms with van der Waals surface area (Å²) in [5, 5.41) is 0.